The van der Waals surface area contributed by atoms with Crippen molar-refractivity contribution in [3.63, 3.8) is 0 Å². The Morgan fingerprint density at radius 3 is 2.33 bits per heavy atom. The molecule has 0 bridgehead atoms. The van der Waals surface area contributed by atoms with Gasteiger partial charge in [-0.3, -0.25) is 9.59 Å². The molecule has 4 heteroatoms. The standard InChI is InChI=1S/C20H21NO3/c1-2-21-20(23)16-10-8-14(9-11-16)17(22)12-13-18-19(24-18)15-6-4-3-5-7-15/h3-11,18-19H,2,12-13H2,1H3,(H,21,23). The van der Waals surface area contributed by atoms with Gasteiger partial charge in [-0.1, -0.05) is 42.5 Å². The second-order valence-corrected chi connectivity index (χ2v) is 5.90. The monoisotopic (exact) mass is 323 g/mol. The maximum Gasteiger partial charge on any atom is 0.251 e. The van der Waals surface area contributed by atoms with Crippen molar-refractivity contribution in [1.29, 1.82) is 0 Å². The molecule has 1 aliphatic rings. The SMILES string of the molecule is CCNC(=O)c1ccc(C(=O)CCC2OC2c2ccccc2)cc1. The summed E-state index contributed by atoms with van der Waals surface area (Å²) >= 11 is 0. The molecule has 124 valence electrons. The molecular weight excluding hydrogens is 302 g/mol. The molecule has 2 aromatic carbocycles. The topological polar surface area (TPSA) is 58.7 Å². The first-order chi connectivity index (χ1) is 11.7. The van der Waals surface area contributed by atoms with E-state index in [9.17, 15) is 9.59 Å². The molecule has 2 unspecified atom stereocenters. The van der Waals surface area contributed by atoms with Gasteiger partial charge in [0.2, 0.25) is 0 Å². The first kappa shape index (κ1) is 16.4. The third-order valence-corrected chi connectivity index (χ3v) is 4.17. The van der Waals surface area contributed by atoms with Crippen molar-refractivity contribution in [1.82, 2.24) is 5.32 Å². The number of rotatable bonds is 7. The summed E-state index contributed by atoms with van der Waals surface area (Å²) in [7, 11) is 0. The number of hydrogen-bond acceptors (Lipinski definition) is 3. The molecule has 0 spiro atoms. The molecule has 0 radical (unpaired) electrons. The van der Waals surface area contributed by atoms with Gasteiger partial charge in [0.05, 0.1) is 6.10 Å². The van der Waals surface area contributed by atoms with Gasteiger partial charge >= 0.3 is 0 Å². The van der Waals surface area contributed by atoms with Crippen LogP contribution in [0.1, 0.15) is 52.1 Å². The van der Waals surface area contributed by atoms with Crippen LogP contribution in [0.5, 0.6) is 0 Å². The van der Waals surface area contributed by atoms with Crippen LogP contribution in [-0.2, 0) is 4.74 Å². The fourth-order valence-electron chi connectivity index (χ4n) is 2.79. The van der Waals surface area contributed by atoms with Crippen LogP contribution >= 0.6 is 0 Å². The lowest BCUT2D eigenvalue weighted by Gasteiger charge is -2.04. The first-order valence-corrected chi connectivity index (χ1v) is 8.31. The number of carbonyl (C=O) groups is 2. The summed E-state index contributed by atoms with van der Waals surface area (Å²) in [5, 5.41) is 2.74. The minimum Gasteiger partial charge on any atom is -0.364 e. The second-order valence-electron chi connectivity index (χ2n) is 5.90. The number of ether oxygens (including phenoxy) is 1. The molecule has 1 aliphatic heterocycles. The highest BCUT2D eigenvalue weighted by Gasteiger charge is 2.39. The van der Waals surface area contributed by atoms with Gasteiger partial charge in [-0.2, -0.15) is 0 Å². The zero-order valence-corrected chi connectivity index (χ0v) is 13.7. The fourth-order valence-corrected chi connectivity index (χ4v) is 2.79. The average Bonchev–Trinajstić information content (AvgIpc) is 3.40. The van der Waals surface area contributed by atoms with Gasteiger partial charge in [0.1, 0.15) is 6.10 Å². The lowest BCUT2D eigenvalue weighted by atomic mass is 10.0. The Labute approximate surface area is 141 Å². The number of nitrogens with one attached hydrogen (secondary N) is 1. The highest BCUT2D eigenvalue weighted by atomic mass is 16.6. The van der Waals surface area contributed by atoms with E-state index in [0.29, 0.717) is 24.1 Å². The summed E-state index contributed by atoms with van der Waals surface area (Å²) in [6, 6.07) is 16.9. The number of hydrogen-bond donors (Lipinski definition) is 1. The first-order valence-electron chi connectivity index (χ1n) is 8.31. The number of benzene rings is 2. The van der Waals surface area contributed by atoms with Crippen molar-refractivity contribution in [2.24, 2.45) is 0 Å². The molecule has 0 saturated carbocycles. The number of ketones is 1. The number of carbonyl (C=O) groups excluding carboxylic acids is 2. The third kappa shape index (κ3) is 3.89. The predicted octanol–water partition coefficient (Wildman–Crippen LogP) is 3.54. The zero-order valence-electron chi connectivity index (χ0n) is 13.7. The lowest BCUT2D eigenvalue weighted by molar-refractivity contribution is 0.0950. The lowest BCUT2D eigenvalue weighted by Crippen LogP contribution is -2.22. The maximum absolute atomic E-state index is 12.3. The summed E-state index contributed by atoms with van der Waals surface area (Å²) < 4.78 is 5.66. The maximum atomic E-state index is 12.3. The molecule has 2 aromatic rings. The molecule has 3 rings (SSSR count). The molecule has 1 amide bonds. The highest BCUT2D eigenvalue weighted by molar-refractivity contribution is 5.98. The van der Waals surface area contributed by atoms with Crippen molar-refractivity contribution >= 4 is 11.7 Å². The minimum atomic E-state index is -0.117. The molecule has 4 nitrogen and oxygen atoms in total. The molecule has 24 heavy (non-hydrogen) atoms. The molecule has 1 fully saturated rings. The second kappa shape index (κ2) is 7.41. The van der Waals surface area contributed by atoms with Crippen LogP contribution in [0.4, 0.5) is 0 Å². The molecular formula is C20H21NO3. The molecule has 2 atom stereocenters. The van der Waals surface area contributed by atoms with Crippen molar-refractivity contribution in [2.45, 2.75) is 32.0 Å². The van der Waals surface area contributed by atoms with Crippen molar-refractivity contribution < 1.29 is 14.3 Å². The van der Waals surface area contributed by atoms with E-state index in [-0.39, 0.29) is 23.9 Å². The van der Waals surface area contributed by atoms with E-state index in [1.165, 1.54) is 5.56 Å². The smallest absolute Gasteiger partial charge is 0.251 e. The van der Waals surface area contributed by atoms with Crippen molar-refractivity contribution in [3.05, 3.63) is 71.3 Å². The largest absolute Gasteiger partial charge is 0.364 e. The quantitative estimate of drug-likeness (QED) is 0.626. The molecule has 1 N–H and O–H groups in total. The molecule has 0 aromatic heterocycles. The zero-order chi connectivity index (χ0) is 16.9. The van der Waals surface area contributed by atoms with Gasteiger partial charge in [-0.25, -0.2) is 0 Å². The Morgan fingerprint density at radius 2 is 1.67 bits per heavy atom. The Morgan fingerprint density at radius 1 is 1.00 bits per heavy atom. The van der Waals surface area contributed by atoms with E-state index in [4.69, 9.17) is 4.74 Å². The molecule has 0 aliphatic carbocycles. The van der Waals surface area contributed by atoms with E-state index in [1.807, 2.05) is 37.3 Å². The van der Waals surface area contributed by atoms with Crippen LogP contribution in [0.15, 0.2) is 54.6 Å². The van der Waals surface area contributed by atoms with Crippen molar-refractivity contribution in [2.75, 3.05) is 6.54 Å². The average molecular weight is 323 g/mol. The van der Waals surface area contributed by atoms with Crippen molar-refractivity contribution in [3.8, 4) is 0 Å². The van der Waals surface area contributed by atoms with Crippen LogP contribution in [0.2, 0.25) is 0 Å². The van der Waals surface area contributed by atoms with E-state index in [1.54, 1.807) is 24.3 Å². The van der Waals surface area contributed by atoms with Gasteiger partial charge in [0, 0.05) is 24.1 Å². The van der Waals surface area contributed by atoms with Crippen LogP contribution in [0.3, 0.4) is 0 Å². The van der Waals surface area contributed by atoms with E-state index in [2.05, 4.69) is 5.32 Å². The summed E-state index contributed by atoms with van der Waals surface area (Å²) in [4.78, 5) is 24.0. The highest BCUT2D eigenvalue weighted by Crippen LogP contribution is 2.41. The number of epoxide rings is 1. The summed E-state index contributed by atoms with van der Waals surface area (Å²) in [6.07, 6.45) is 1.43. The molecule has 1 heterocycles. The Kier molecular flexibility index (Phi) is 5.06. The van der Waals surface area contributed by atoms with Crippen LogP contribution < -0.4 is 5.32 Å². The summed E-state index contributed by atoms with van der Waals surface area (Å²) in [5.74, 6) is -0.0339. The fraction of sp³-hybridized carbons (Fsp3) is 0.300. The van der Waals surface area contributed by atoms with Gasteiger partial charge in [0.15, 0.2) is 5.78 Å². The molecule has 1 saturated heterocycles. The summed E-state index contributed by atoms with van der Waals surface area (Å²) in [6.45, 7) is 2.46. The van der Waals surface area contributed by atoms with E-state index in [0.717, 1.165) is 6.42 Å². The minimum absolute atomic E-state index is 0.0831. The van der Waals surface area contributed by atoms with Gasteiger partial charge in [-0.15, -0.1) is 0 Å². The van der Waals surface area contributed by atoms with E-state index < -0.39 is 0 Å². The Bertz CT molecular complexity index is 709. The van der Waals surface area contributed by atoms with Gasteiger partial charge in [-0.05, 0) is 31.0 Å². The van der Waals surface area contributed by atoms with Crippen LogP contribution in [-0.4, -0.2) is 24.3 Å². The number of amides is 1. The van der Waals surface area contributed by atoms with E-state index >= 15 is 0 Å². The van der Waals surface area contributed by atoms with Crippen LogP contribution in [0.25, 0.3) is 0 Å². The third-order valence-electron chi connectivity index (χ3n) is 4.17. The normalized spacial score (nSPS) is 18.9. The predicted molar refractivity (Wildman–Crippen MR) is 92.1 cm³/mol. The van der Waals surface area contributed by atoms with Gasteiger partial charge in [0.25, 0.3) is 5.91 Å². The number of Topliss-reactive ketones (excluding diaryl/α,β-unsaturated/α-hetero) is 1. The van der Waals surface area contributed by atoms with Gasteiger partial charge < -0.3 is 10.1 Å². The Hall–Kier alpha value is -2.46. The van der Waals surface area contributed by atoms with Crippen LogP contribution in [0, 0.1) is 0 Å². The Balaban J connectivity index is 1.50. The summed E-state index contributed by atoms with van der Waals surface area (Å²) in [5.41, 5.74) is 2.38.